The lowest BCUT2D eigenvalue weighted by atomic mass is 10.1. The first-order valence-corrected chi connectivity index (χ1v) is 6.98. The predicted molar refractivity (Wildman–Crippen MR) is 77.9 cm³/mol. The van der Waals surface area contributed by atoms with Crippen molar-refractivity contribution < 1.29 is 14.6 Å². The van der Waals surface area contributed by atoms with Crippen molar-refractivity contribution in [2.24, 2.45) is 7.05 Å². The highest BCUT2D eigenvalue weighted by Crippen LogP contribution is 2.32. The number of carboxylic acids is 1. The minimum Gasteiger partial charge on any atom is -0.478 e. The van der Waals surface area contributed by atoms with E-state index in [1.165, 1.54) is 6.20 Å². The van der Waals surface area contributed by atoms with E-state index in [9.17, 15) is 9.90 Å². The largest absolute Gasteiger partial charge is 0.478 e. The van der Waals surface area contributed by atoms with Crippen LogP contribution in [-0.4, -0.2) is 52.1 Å². The maximum Gasteiger partial charge on any atom is 0.339 e. The molecule has 0 saturated carbocycles. The lowest BCUT2D eigenvalue weighted by Crippen LogP contribution is -2.28. The molecule has 1 aliphatic heterocycles. The van der Waals surface area contributed by atoms with Crippen LogP contribution >= 0.6 is 0 Å². The van der Waals surface area contributed by atoms with Gasteiger partial charge in [0.25, 0.3) is 0 Å². The van der Waals surface area contributed by atoms with Gasteiger partial charge < -0.3 is 14.7 Å². The van der Waals surface area contributed by atoms with Crippen LogP contribution in [0.1, 0.15) is 22.5 Å². The van der Waals surface area contributed by atoms with E-state index in [1.807, 2.05) is 14.0 Å². The summed E-state index contributed by atoms with van der Waals surface area (Å²) in [7, 11) is 1.82. The number of carboxylic acid groups (broad SMARTS) is 1. The second-order valence-corrected chi connectivity index (χ2v) is 5.19. The molecule has 3 rings (SSSR count). The number of fused-ring (bicyclic) bond motifs is 1. The quantitative estimate of drug-likeness (QED) is 0.895. The monoisotopic (exact) mass is 290 g/mol. The molecule has 112 valence electrons. The van der Waals surface area contributed by atoms with Gasteiger partial charge in [-0.2, -0.15) is 5.10 Å². The summed E-state index contributed by atoms with van der Waals surface area (Å²) in [5.74, 6) is -0.965. The third-order valence-corrected chi connectivity index (χ3v) is 3.77. The molecule has 0 aliphatic carbocycles. The van der Waals surface area contributed by atoms with Gasteiger partial charge in [-0.05, 0) is 13.3 Å². The Balaban J connectivity index is 2.25. The number of aromatic carboxylic acids is 1. The summed E-state index contributed by atoms with van der Waals surface area (Å²) in [4.78, 5) is 17.9. The van der Waals surface area contributed by atoms with Crippen molar-refractivity contribution in [3.05, 3.63) is 17.5 Å². The van der Waals surface area contributed by atoms with Gasteiger partial charge in [-0.15, -0.1) is 0 Å². The van der Waals surface area contributed by atoms with Crippen LogP contribution in [0.2, 0.25) is 0 Å². The van der Waals surface area contributed by atoms with Gasteiger partial charge in [0.2, 0.25) is 0 Å². The van der Waals surface area contributed by atoms with Crippen LogP contribution in [0.3, 0.4) is 0 Å². The third kappa shape index (κ3) is 2.33. The highest BCUT2D eigenvalue weighted by atomic mass is 16.5. The van der Waals surface area contributed by atoms with Crippen LogP contribution in [0.15, 0.2) is 6.20 Å². The normalized spacial score (nSPS) is 16.2. The fourth-order valence-corrected chi connectivity index (χ4v) is 2.85. The fourth-order valence-electron chi connectivity index (χ4n) is 2.85. The zero-order valence-corrected chi connectivity index (χ0v) is 12.2. The molecule has 1 N–H and O–H groups in total. The van der Waals surface area contributed by atoms with Gasteiger partial charge in [0.15, 0.2) is 5.65 Å². The topological polar surface area (TPSA) is 80.5 Å². The molecule has 0 atom stereocenters. The SMILES string of the molecule is Cc1nn(C)c2ncc(C(=O)O)c(N3CCCOCC3)c12. The lowest BCUT2D eigenvalue weighted by Gasteiger charge is -2.24. The summed E-state index contributed by atoms with van der Waals surface area (Å²) in [6, 6.07) is 0. The van der Waals surface area contributed by atoms with Crippen molar-refractivity contribution in [3.63, 3.8) is 0 Å². The third-order valence-electron chi connectivity index (χ3n) is 3.77. The number of ether oxygens (including phenoxy) is 1. The van der Waals surface area contributed by atoms with Crippen LogP contribution < -0.4 is 4.90 Å². The molecular weight excluding hydrogens is 272 g/mol. The molecule has 3 heterocycles. The van der Waals surface area contributed by atoms with Gasteiger partial charge in [0.05, 0.1) is 23.4 Å². The van der Waals surface area contributed by atoms with E-state index in [1.54, 1.807) is 4.68 Å². The highest BCUT2D eigenvalue weighted by molar-refractivity contribution is 6.04. The summed E-state index contributed by atoms with van der Waals surface area (Å²) in [6.45, 7) is 4.64. The van der Waals surface area contributed by atoms with Crippen molar-refractivity contribution >= 4 is 22.7 Å². The van der Waals surface area contributed by atoms with E-state index in [0.29, 0.717) is 31.1 Å². The van der Waals surface area contributed by atoms with Crippen molar-refractivity contribution in [3.8, 4) is 0 Å². The number of hydrogen-bond donors (Lipinski definition) is 1. The van der Waals surface area contributed by atoms with Crippen LogP contribution in [0.25, 0.3) is 11.0 Å². The predicted octanol–water partition coefficient (Wildman–Crippen LogP) is 1.20. The molecule has 0 bridgehead atoms. The number of carbonyl (C=O) groups is 1. The van der Waals surface area contributed by atoms with Crippen molar-refractivity contribution in [2.45, 2.75) is 13.3 Å². The molecule has 0 unspecified atom stereocenters. The molecule has 2 aromatic rings. The Bertz CT molecular complexity index is 687. The van der Waals surface area contributed by atoms with E-state index in [0.717, 1.165) is 24.0 Å². The van der Waals surface area contributed by atoms with Gasteiger partial charge in [0, 0.05) is 32.9 Å². The Hall–Kier alpha value is -2.15. The van der Waals surface area contributed by atoms with E-state index >= 15 is 0 Å². The minimum absolute atomic E-state index is 0.223. The Kier molecular flexibility index (Phi) is 3.50. The zero-order valence-electron chi connectivity index (χ0n) is 12.2. The first-order valence-electron chi connectivity index (χ1n) is 6.98. The average molecular weight is 290 g/mol. The van der Waals surface area contributed by atoms with E-state index in [4.69, 9.17) is 4.74 Å². The maximum atomic E-state index is 11.6. The van der Waals surface area contributed by atoms with Crippen LogP contribution in [0, 0.1) is 6.92 Å². The van der Waals surface area contributed by atoms with Gasteiger partial charge >= 0.3 is 5.97 Å². The molecular formula is C14H18N4O3. The summed E-state index contributed by atoms with van der Waals surface area (Å²) in [5.41, 5.74) is 2.44. The second-order valence-electron chi connectivity index (χ2n) is 5.19. The molecule has 1 aliphatic rings. The first kappa shape index (κ1) is 13.8. The van der Waals surface area contributed by atoms with Gasteiger partial charge in [-0.25, -0.2) is 9.78 Å². The number of nitrogens with zero attached hydrogens (tertiary/aromatic N) is 4. The first-order chi connectivity index (χ1) is 10.1. The lowest BCUT2D eigenvalue weighted by molar-refractivity contribution is 0.0697. The summed E-state index contributed by atoms with van der Waals surface area (Å²) >= 11 is 0. The number of rotatable bonds is 2. The maximum absolute atomic E-state index is 11.6. The Morgan fingerprint density at radius 1 is 1.38 bits per heavy atom. The van der Waals surface area contributed by atoms with Gasteiger partial charge in [-0.1, -0.05) is 0 Å². The molecule has 0 radical (unpaired) electrons. The number of pyridine rings is 1. The minimum atomic E-state index is -0.965. The number of aromatic nitrogens is 3. The average Bonchev–Trinajstić information content (AvgIpc) is 2.67. The molecule has 1 saturated heterocycles. The summed E-state index contributed by atoms with van der Waals surface area (Å²) < 4.78 is 7.16. The Labute approximate surface area is 122 Å². The molecule has 0 aromatic carbocycles. The van der Waals surface area contributed by atoms with Crippen molar-refractivity contribution in [1.29, 1.82) is 0 Å². The van der Waals surface area contributed by atoms with E-state index in [-0.39, 0.29) is 5.56 Å². The molecule has 1 fully saturated rings. The number of aryl methyl sites for hydroxylation is 2. The number of hydrogen-bond acceptors (Lipinski definition) is 5. The van der Waals surface area contributed by atoms with Gasteiger partial charge in [-0.3, -0.25) is 4.68 Å². The second kappa shape index (κ2) is 5.33. The molecule has 0 amide bonds. The molecule has 0 spiro atoms. The standard InChI is InChI=1S/C14H18N4O3/c1-9-11-12(18-4-3-6-21-7-5-18)10(14(19)20)8-15-13(11)17(2)16-9/h8H,3-7H2,1-2H3,(H,19,20). The molecule has 21 heavy (non-hydrogen) atoms. The smallest absolute Gasteiger partial charge is 0.339 e. The van der Waals surface area contributed by atoms with Crippen LogP contribution in [0.5, 0.6) is 0 Å². The van der Waals surface area contributed by atoms with Gasteiger partial charge in [0.1, 0.15) is 5.56 Å². The molecule has 7 heteroatoms. The summed E-state index contributed by atoms with van der Waals surface area (Å²) in [5, 5.41) is 14.7. The highest BCUT2D eigenvalue weighted by Gasteiger charge is 2.24. The summed E-state index contributed by atoms with van der Waals surface area (Å²) in [6.07, 6.45) is 2.30. The van der Waals surface area contributed by atoms with Crippen molar-refractivity contribution in [1.82, 2.24) is 14.8 Å². The van der Waals surface area contributed by atoms with Crippen LogP contribution in [-0.2, 0) is 11.8 Å². The fraction of sp³-hybridized carbons (Fsp3) is 0.500. The van der Waals surface area contributed by atoms with Crippen LogP contribution in [0.4, 0.5) is 5.69 Å². The van der Waals surface area contributed by atoms with E-state index in [2.05, 4.69) is 15.0 Å². The molecule has 2 aromatic heterocycles. The van der Waals surface area contributed by atoms with Crippen molar-refractivity contribution in [2.75, 3.05) is 31.2 Å². The number of anilines is 1. The van der Waals surface area contributed by atoms with E-state index < -0.39 is 5.97 Å². The molecule has 7 nitrogen and oxygen atoms in total. The Morgan fingerprint density at radius 3 is 2.95 bits per heavy atom. The Morgan fingerprint density at radius 2 is 2.19 bits per heavy atom. The zero-order chi connectivity index (χ0) is 15.0.